The molecule has 22 heavy (non-hydrogen) atoms. The molecular weight excluding hydrogens is 278 g/mol. The molecule has 0 aliphatic carbocycles. The van der Waals surface area contributed by atoms with Gasteiger partial charge in [-0.3, -0.25) is 4.99 Å². The first-order chi connectivity index (χ1) is 10.5. The fourth-order valence-corrected chi connectivity index (χ4v) is 2.09. The lowest BCUT2D eigenvalue weighted by Gasteiger charge is -2.26. The van der Waals surface area contributed by atoms with E-state index < -0.39 is 0 Å². The van der Waals surface area contributed by atoms with Crippen LogP contribution in [-0.4, -0.2) is 29.7 Å². The molecule has 0 saturated heterocycles. The van der Waals surface area contributed by atoms with Crippen LogP contribution in [0.15, 0.2) is 39.8 Å². The number of aromatic nitrogens is 2. The molecule has 0 aliphatic rings. The zero-order valence-corrected chi connectivity index (χ0v) is 13.6. The van der Waals surface area contributed by atoms with Crippen molar-refractivity contribution >= 4 is 5.96 Å². The molecule has 118 valence electrons. The van der Waals surface area contributed by atoms with Gasteiger partial charge in [-0.2, -0.15) is 4.98 Å². The van der Waals surface area contributed by atoms with Gasteiger partial charge in [0.2, 0.25) is 5.89 Å². The van der Waals surface area contributed by atoms with E-state index in [0.717, 1.165) is 6.54 Å². The molecule has 6 nitrogen and oxygen atoms in total. The third-order valence-corrected chi connectivity index (χ3v) is 3.45. The van der Waals surface area contributed by atoms with Gasteiger partial charge in [-0.15, -0.1) is 0 Å². The van der Waals surface area contributed by atoms with Gasteiger partial charge in [0.1, 0.15) is 0 Å². The number of aryl methyl sites for hydroxylation is 1. The molecular formula is C16H23N5O. The Bertz CT molecular complexity index is 618. The first-order valence-electron chi connectivity index (χ1n) is 7.30. The lowest BCUT2D eigenvalue weighted by atomic mass is 9.85. The second kappa shape index (κ2) is 7.06. The predicted octanol–water partition coefficient (Wildman–Crippen LogP) is 2.02. The summed E-state index contributed by atoms with van der Waals surface area (Å²) >= 11 is 0. The van der Waals surface area contributed by atoms with Gasteiger partial charge in [-0.05, 0) is 12.5 Å². The van der Waals surface area contributed by atoms with Crippen LogP contribution < -0.4 is 10.6 Å². The lowest BCUT2D eigenvalue weighted by molar-refractivity contribution is 0.371. The quantitative estimate of drug-likeness (QED) is 0.653. The van der Waals surface area contributed by atoms with Crippen molar-refractivity contribution in [1.29, 1.82) is 0 Å². The summed E-state index contributed by atoms with van der Waals surface area (Å²) < 4.78 is 5.07. The van der Waals surface area contributed by atoms with E-state index in [1.807, 2.05) is 6.07 Å². The van der Waals surface area contributed by atoms with Gasteiger partial charge in [0.15, 0.2) is 11.8 Å². The summed E-state index contributed by atoms with van der Waals surface area (Å²) in [5.74, 6) is 1.88. The molecule has 0 spiro atoms. The molecule has 0 unspecified atom stereocenters. The summed E-state index contributed by atoms with van der Waals surface area (Å²) in [4.78, 5) is 8.36. The molecule has 2 aromatic rings. The van der Waals surface area contributed by atoms with E-state index >= 15 is 0 Å². The predicted molar refractivity (Wildman–Crippen MR) is 86.7 cm³/mol. The average molecular weight is 301 g/mol. The van der Waals surface area contributed by atoms with Crippen molar-refractivity contribution in [3.8, 4) is 0 Å². The van der Waals surface area contributed by atoms with Crippen LogP contribution >= 0.6 is 0 Å². The summed E-state index contributed by atoms with van der Waals surface area (Å²) in [6, 6.07) is 10.4. The fourth-order valence-electron chi connectivity index (χ4n) is 2.09. The van der Waals surface area contributed by atoms with Gasteiger partial charge < -0.3 is 15.2 Å². The van der Waals surface area contributed by atoms with Crippen LogP contribution in [-0.2, 0) is 12.0 Å². The van der Waals surface area contributed by atoms with E-state index in [1.54, 1.807) is 14.0 Å². The number of benzene rings is 1. The summed E-state index contributed by atoms with van der Waals surface area (Å²) in [6.45, 7) is 7.40. The number of nitrogens with one attached hydrogen (secondary N) is 2. The second-order valence-corrected chi connectivity index (χ2v) is 5.76. The van der Waals surface area contributed by atoms with E-state index in [9.17, 15) is 0 Å². The second-order valence-electron chi connectivity index (χ2n) is 5.76. The highest BCUT2D eigenvalue weighted by atomic mass is 16.5. The molecule has 2 rings (SSSR count). The number of aliphatic imine (C=N–C) groups is 1. The average Bonchev–Trinajstić information content (AvgIpc) is 2.94. The highest BCUT2D eigenvalue weighted by Gasteiger charge is 2.20. The molecule has 2 N–H and O–H groups in total. The van der Waals surface area contributed by atoms with E-state index in [1.165, 1.54) is 5.56 Å². The summed E-state index contributed by atoms with van der Waals surface area (Å²) in [5, 5.41) is 10.3. The molecule has 0 aliphatic heterocycles. The Morgan fingerprint density at radius 1 is 1.23 bits per heavy atom. The van der Waals surface area contributed by atoms with Crippen molar-refractivity contribution in [3.05, 3.63) is 47.6 Å². The topological polar surface area (TPSA) is 75.3 Å². The fraction of sp³-hybridized carbons (Fsp3) is 0.438. The van der Waals surface area contributed by atoms with Crippen LogP contribution in [0.1, 0.15) is 31.1 Å². The van der Waals surface area contributed by atoms with Crippen molar-refractivity contribution < 1.29 is 4.52 Å². The third-order valence-electron chi connectivity index (χ3n) is 3.45. The standard InChI is InChI=1S/C16H23N5O/c1-12-20-14(22-21-12)10-18-15(17-4)19-11-16(2,3)13-8-6-5-7-9-13/h5-9H,10-11H2,1-4H3,(H2,17,18,19). The number of hydrogen-bond donors (Lipinski definition) is 2. The van der Waals surface area contributed by atoms with Gasteiger partial charge >= 0.3 is 0 Å². The first kappa shape index (κ1) is 16.0. The maximum absolute atomic E-state index is 5.07. The van der Waals surface area contributed by atoms with E-state index in [0.29, 0.717) is 24.2 Å². The van der Waals surface area contributed by atoms with Crippen molar-refractivity contribution in [1.82, 2.24) is 20.8 Å². The van der Waals surface area contributed by atoms with E-state index in [4.69, 9.17) is 4.52 Å². The van der Waals surface area contributed by atoms with Gasteiger partial charge in [0.25, 0.3) is 0 Å². The molecule has 6 heteroatoms. The van der Waals surface area contributed by atoms with Gasteiger partial charge in [0, 0.05) is 19.0 Å². The van der Waals surface area contributed by atoms with Crippen LogP contribution in [0.5, 0.6) is 0 Å². The van der Waals surface area contributed by atoms with E-state index in [-0.39, 0.29) is 5.41 Å². The summed E-state index contributed by atoms with van der Waals surface area (Å²) in [5.41, 5.74) is 1.28. The van der Waals surface area contributed by atoms with Crippen LogP contribution in [0.4, 0.5) is 0 Å². The minimum absolute atomic E-state index is 0.0000440. The van der Waals surface area contributed by atoms with Crippen molar-refractivity contribution in [3.63, 3.8) is 0 Å². The van der Waals surface area contributed by atoms with Crippen LogP contribution in [0.3, 0.4) is 0 Å². The largest absolute Gasteiger partial charge is 0.356 e. The highest BCUT2D eigenvalue weighted by molar-refractivity contribution is 5.79. The van der Waals surface area contributed by atoms with Crippen LogP contribution in [0, 0.1) is 6.92 Å². The number of hydrogen-bond acceptors (Lipinski definition) is 4. The highest BCUT2D eigenvalue weighted by Crippen LogP contribution is 2.21. The zero-order valence-electron chi connectivity index (χ0n) is 13.6. The van der Waals surface area contributed by atoms with Crippen LogP contribution in [0.2, 0.25) is 0 Å². The lowest BCUT2D eigenvalue weighted by Crippen LogP contribution is -2.43. The van der Waals surface area contributed by atoms with Crippen molar-refractivity contribution in [2.75, 3.05) is 13.6 Å². The van der Waals surface area contributed by atoms with Crippen molar-refractivity contribution in [2.24, 2.45) is 4.99 Å². The third kappa shape index (κ3) is 4.31. The normalized spacial score (nSPS) is 12.3. The molecule has 0 radical (unpaired) electrons. The minimum atomic E-state index is -0.0000440. The summed E-state index contributed by atoms with van der Waals surface area (Å²) in [7, 11) is 1.74. The van der Waals surface area contributed by atoms with Gasteiger partial charge in [0.05, 0.1) is 6.54 Å². The Morgan fingerprint density at radius 3 is 2.55 bits per heavy atom. The monoisotopic (exact) mass is 301 g/mol. The summed E-state index contributed by atoms with van der Waals surface area (Å²) in [6.07, 6.45) is 0. The number of rotatable bonds is 5. The maximum Gasteiger partial charge on any atom is 0.246 e. The molecule has 1 aromatic carbocycles. The van der Waals surface area contributed by atoms with E-state index in [2.05, 4.69) is 63.9 Å². The molecule has 0 atom stereocenters. The number of nitrogens with zero attached hydrogens (tertiary/aromatic N) is 3. The van der Waals surface area contributed by atoms with Crippen LogP contribution in [0.25, 0.3) is 0 Å². The zero-order chi connectivity index (χ0) is 16.0. The molecule has 1 heterocycles. The maximum atomic E-state index is 5.07. The Balaban J connectivity index is 1.88. The molecule has 0 amide bonds. The van der Waals surface area contributed by atoms with Gasteiger partial charge in [-0.25, -0.2) is 0 Å². The Kier molecular flexibility index (Phi) is 5.14. The number of guanidine groups is 1. The Hall–Kier alpha value is -2.37. The van der Waals surface area contributed by atoms with Crippen molar-refractivity contribution in [2.45, 2.75) is 32.7 Å². The smallest absolute Gasteiger partial charge is 0.246 e. The Labute approximate surface area is 131 Å². The molecule has 0 saturated carbocycles. The molecule has 0 bridgehead atoms. The molecule has 1 aromatic heterocycles. The Morgan fingerprint density at radius 2 is 1.95 bits per heavy atom. The van der Waals surface area contributed by atoms with Gasteiger partial charge in [-0.1, -0.05) is 49.3 Å². The molecule has 0 fully saturated rings. The minimum Gasteiger partial charge on any atom is -0.356 e. The SMILES string of the molecule is CN=C(NCc1nc(C)no1)NCC(C)(C)c1ccccc1. The first-order valence-corrected chi connectivity index (χ1v) is 7.30.